The van der Waals surface area contributed by atoms with E-state index in [2.05, 4.69) is 10.2 Å². The van der Waals surface area contributed by atoms with Crippen LogP contribution in [0.3, 0.4) is 0 Å². The molecule has 0 radical (unpaired) electrons. The molecule has 0 bridgehead atoms. The Morgan fingerprint density at radius 1 is 1.09 bits per heavy atom. The average Bonchev–Trinajstić information content (AvgIpc) is 3.08. The van der Waals surface area contributed by atoms with Crippen molar-refractivity contribution >= 4 is 29.0 Å². The highest BCUT2D eigenvalue weighted by Crippen LogP contribution is 2.34. The number of rotatable bonds is 7. The van der Waals surface area contributed by atoms with Gasteiger partial charge in [0.2, 0.25) is 5.91 Å². The van der Waals surface area contributed by atoms with Gasteiger partial charge in [-0.25, -0.2) is 0 Å². The fourth-order valence-corrected chi connectivity index (χ4v) is 4.73. The molecule has 9 nitrogen and oxygen atoms in total. The maximum atomic E-state index is 13.5. The molecule has 9 heteroatoms. The zero-order valence-electron chi connectivity index (χ0n) is 19.1. The topological polar surface area (TPSA) is 102 Å². The number of benzene rings is 1. The second-order valence-corrected chi connectivity index (χ2v) is 8.83. The highest BCUT2D eigenvalue weighted by atomic mass is 16.5. The summed E-state index contributed by atoms with van der Waals surface area (Å²) < 4.78 is 5.39. The standard InChI is InChI=1S/C24H32N4O5/c1-17(30)25-20-6-4-19(5-7-20)21-22(27-8-2-3-18(15-27)16-29)24(32)28(23(21)31)10-9-26-11-13-33-14-12-26/h4-7,18,29H,2-3,8-16H2,1H3,(H,25,30). The number of ether oxygens (including phenoxy) is 1. The lowest BCUT2D eigenvalue weighted by atomic mass is 9.97. The second-order valence-electron chi connectivity index (χ2n) is 8.83. The first-order valence-electron chi connectivity index (χ1n) is 11.6. The largest absolute Gasteiger partial charge is 0.396 e. The first kappa shape index (κ1) is 23.4. The van der Waals surface area contributed by atoms with Gasteiger partial charge in [-0.2, -0.15) is 0 Å². The number of aliphatic hydroxyl groups is 1. The Bertz CT molecular complexity index is 923. The molecule has 1 atom stereocenters. The summed E-state index contributed by atoms with van der Waals surface area (Å²) in [5.41, 5.74) is 2.10. The number of nitrogens with zero attached hydrogens (tertiary/aromatic N) is 3. The second kappa shape index (κ2) is 10.5. The fourth-order valence-electron chi connectivity index (χ4n) is 4.73. The monoisotopic (exact) mass is 456 g/mol. The van der Waals surface area contributed by atoms with Crippen molar-refractivity contribution in [2.24, 2.45) is 5.92 Å². The molecule has 178 valence electrons. The van der Waals surface area contributed by atoms with E-state index in [0.717, 1.165) is 25.9 Å². The van der Waals surface area contributed by atoms with Crippen molar-refractivity contribution in [3.63, 3.8) is 0 Å². The molecule has 33 heavy (non-hydrogen) atoms. The van der Waals surface area contributed by atoms with Crippen molar-refractivity contribution in [2.75, 3.05) is 64.4 Å². The van der Waals surface area contributed by atoms with E-state index in [4.69, 9.17) is 4.74 Å². The van der Waals surface area contributed by atoms with E-state index in [9.17, 15) is 19.5 Å². The van der Waals surface area contributed by atoms with Crippen molar-refractivity contribution in [2.45, 2.75) is 19.8 Å². The molecule has 3 amide bonds. The summed E-state index contributed by atoms with van der Waals surface area (Å²) >= 11 is 0. The Labute approximate surface area is 194 Å². The van der Waals surface area contributed by atoms with Crippen LogP contribution in [0.25, 0.3) is 5.57 Å². The third-order valence-corrected chi connectivity index (χ3v) is 6.47. The number of morpholine rings is 1. The first-order valence-corrected chi connectivity index (χ1v) is 11.6. The summed E-state index contributed by atoms with van der Waals surface area (Å²) in [5.74, 6) is -0.651. The van der Waals surface area contributed by atoms with E-state index in [1.807, 2.05) is 4.90 Å². The van der Waals surface area contributed by atoms with Crippen molar-refractivity contribution in [1.29, 1.82) is 0 Å². The van der Waals surface area contributed by atoms with Crippen molar-refractivity contribution in [3.05, 3.63) is 35.5 Å². The highest BCUT2D eigenvalue weighted by molar-refractivity contribution is 6.35. The molecular weight excluding hydrogens is 424 g/mol. The summed E-state index contributed by atoms with van der Waals surface area (Å²) in [4.78, 5) is 43.9. The molecule has 0 aromatic heterocycles. The summed E-state index contributed by atoms with van der Waals surface area (Å²) in [6.45, 7) is 6.57. The molecule has 1 unspecified atom stereocenters. The third kappa shape index (κ3) is 5.26. The van der Waals surface area contributed by atoms with Crippen LogP contribution in [0, 0.1) is 5.92 Å². The number of hydrogen-bond acceptors (Lipinski definition) is 7. The minimum atomic E-state index is -0.290. The van der Waals surface area contributed by atoms with Gasteiger partial charge in [-0.3, -0.25) is 24.2 Å². The van der Waals surface area contributed by atoms with Crippen LogP contribution in [0.5, 0.6) is 0 Å². The van der Waals surface area contributed by atoms with Crippen LogP contribution in [-0.4, -0.2) is 96.6 Å². The number of hydrogen-bond donors (Lipinski definition) is 2. The molecule has 0 saturated carbocycles. The van der Waals surface area contributed by atoms with Gasteiger partial charge in [0, 0.05) is 58.5 Å². The molecule has 3 aliphatic rings. The van der Waals surface area contributed by atoms with Gasteiger partial charge in [0.15, 0.2) is 0 Å². The van der Waals surface area contributed by atoms with E-state index in [0.29, 0.717) is 61.9 Å². The molecule has 0 aliphatic carbocycles. The van der Waals surface area contributed by atoms with E-state index in [1.165, 1.54) is 11.8 Å². The molecule has 0 spiro atoms. The van der Waals surface area contributed by atoms with Crippen molar-refractivity contribution < 1.29 is 24.2 Å². The number of likely N-dealkylation sites (tertiary alicyclic amines) is 1. The quantitative estimate of drug-likeness (QED) is 0.584. The maximum absolute atomic E-state index is 13.5. The molecule has 1 aromatic carbocycles. The zero-order chi connectivity index (χ0) is 23.4. The minimum Gasteiger partial charge on any atom is -0.396 e. The summed E-state index contributed by atoms with van der Waals surface area (Å²) in [7, 11) is 0. The van der Waals surface area contributed by atoms with Crippen LogP contribution in [-0.2, 0) is 19.1 Å². The molecule has 2 fully saturated rings. The number of piperidine rings is 1. The average molecular weight is 457 g/mol. The Hall–Kier alpha value is -2.75. The number of carbonyl (C=O) groups is 3. The fraction of sp³-hybridized carbons (Fsp3) is 0.542. The molecule has 3 heterocycles. The number of aliphatic hydroxyl groups excluding tert-OH is 1. The minimum absolute atomic E-state index is 0.0629. The molecule has 3 aliphatic heterocycles. The van der Waals surface area contributed by atoms with Gasteiger partial charge in [-0.05, 0) is 36.5 Å². The van der Waals surface area contributed by atoms with E-state index >= 15 is 0 Å². The van der Waals surface area contributed by atoms with Crippen LogP contribution >= 0.6 is 0 Å². The lowest BCUT2D eigenvalue weighted by Gasteiger charge is -2.34. The highest BCUT2D eigenvalue weighted by Gasteiger charge is 2.42. The SMILES string of the molecule is CC(=O)Nc1ccc(C2=C(N3CCCC(CO)C3)C(=O)N(CCN3CCOCC3)C2=O)cc1. The Balaban J connectivity index is 1.61. The van der Waals surface area contributed by atoms with E-state index in [1.54, 1.807) is 24.3 Å². The number of imide groups is 1. The Morgan fingerprint density at radius 3 is 2.48 bits per heavy atom. The zero-order valence-corrected chi connectivity index (χ0v) is 19.1. The van der Waals surface area contributed by atoms with Gasteiger partial charge in [-0.1, -0.05) is 12.1 Å². The lowest BCUT2D eigenvalue weighted by Crippen LogP contribution is -2.45. The first-order chi connectivity index (χ1) is 16.0. The predicted molar refractivity (Wildman–Crippen MR) is 123 cm³/mol. The van der Waals surface area contributed by atoms with Gasteiger partial charge in [0.1, 0.15) is 5.70 Å². The number of nitrogens with one attached hydrogen (secondary N) is 1. The molecule has 1 aromatic rings. The third-order valence-electron chi connectivity index (χ3n) is 6.47. The van der Waals surface area contributed by atoms with Crippen molar-refractivity contribution in [1.82, 2.24) is 14.7 Å². The van der Waals surface area contributed by atoms with Crippen LogP contribution in [0.15, 0.2) is 30.0 Å². The predicted octanol–water partition coefficient (Wildman–Crippen LogP) is 0.761. The van der Waals surface area contributed by atoms with Gasteiger partial charge in [0.25, 0.3) is 11.8 Å². The summed E-state index contributed by atoms with van der Waals surface area (Å²) in [5, 5.41) is 12.4. The van der Waals surface area contributed by atoms with Crippen LogP contribution < -0.4 is 5.32 Å². The van der Waals surface area contributed by atoms with Crippen LogP contribution in [0.4, 0.5) is 5.69 Å². The number of anilines is 1. The van der Waals surface area contributed by atoms with Gasteiger partial charge in [-0.15, -0.1) is 0 Å². The van der Waals surface area contributed by atoms with Crippen molar-refractivity contribution in [3.8, 4) is 0 Å². The molecule has 2 N–H and O–H groups in total. The molecular formula is C24H32N4O5. The maximum Gasteiger partial charge on any atom is 0.277 e. The lowest BCUT2D eigenvalue weighted by molar-refractivity contribution is -0.138. The Morgan fingerprint density at radius 2 is 1.82 bits per heavy atom. The van der Waals surface area contributed by atoms with Gasteiger partial charge >= 0.3 is 0 Å². The molecule has 2 saturated heterocycles. The van der Waals surface area contributed by atoms with Crippen LogP contribution in [0.1, 0.15) is 25.3 Å². The van der Waals surface area contributed by atoms with E-state index < -0.39 is 0 Å². The number of carbonyl (C=O) groups excluding carboxylic acids is 3. The Kier molecular flexibility index (Phi) is 7.42. The van der Waals surface area contributed by atoms with Gasteiger partial charge < -0.3 is 20.1 Å². The number of amides is 3. The van der Waals surface area contributed by atoms with E-state index in [-0.39, 0.29) is 30.2 Å². The van der Waals surface area contributed by atoms with Gasteiger partial charge in [0.05, 0.1) is 18.8 Å². The summed E-state index contributed by atoms with van der Waals surface area (Å²) in [6.07, 6.45) is 1.77. The molecule has 4 rings (SSSR count). The summed E-state index contributed by atoms with van der Waals surface area (Å²) in [6, 6.07) is 7.01. The van der Waals surface area contributed by atoms with Crippen LogP contribution in [0.2, 0.25) is 0 Å². The normalized spacial score (nSPS) is 22.3. The smallest absolute Gasteiger partial charge is 0.277 e.